The molecule has 1 N–H and O–H groups in total. The lowest BCUT2D eigenvalue weighted by atomic mass is 9.87. The van der Waals surface area contributed by atoms with Crippen molar-refractivity contribution in [1.29, 1.82) is 0 Å². The summed E-state index contributed by atoms with van der Waals surface area (Å²) >= 11 is 3.19. The van der Waals surface area contributed by atoms with Gasteiger partial charge in [-0.15, -0.1) is 22.7 Å². The van der Waals surface area contributed by atoms with Crippen molar-refractivity contribution in [2.24, 2.45) is 11.8 Å². The standard InChI is InChI=1S/C16H18N2O3S2/c1-10-8-18(5-4-12(10)16(20)21)14(19)7-11-9-23-15(17-11)13-3-2-6-22-13/h2-3,6,9-10,12H,4-5,7-8H2,1H3,(H,20,21). The Kier molecular flexibility index (Phi) is 4.77. The summed E-state index contributed by atoms with van der Waals surface area (Å²) in [4.78, 5) is 31.0. The van der Waals surface area contributed by atoms with E-state index in [9.17, 15) is 9.59 Å². The molecule has 0 aliphatic carbocycles. The Morgan fingerprint density at radius 1 is 1.43 bits per heavy atom. The minimum atomic E-state index is -0.760. The number of nitrogens with zero attached hydrogens (tertiary/aromatic N) is 2. The van der Waals surface area contributed by atoms with Crippen molar-refractivity contribution in [1.82, 2.24) is 9.88 Å². The van der Waals surface area contributed by atoms with Crippen LogP contribution in [-0.2, 0) is 16.0 Å². The monoisotopic (exact) mass is 350 g/mol. The molecule has 1 amide bonds. The van der Waals surface area contributed by atoms with Crippen LogP contribution in [0.5, 0.6) is 0 Å². The maximum Gasteiger partial charge on any atom is 0.306 e. The van der Waals surface area contributed by atoms with Gasteiger partial charge in [0, 0.05) is 18.5 Å². The molecule has 3 rings (SSSR count). The van der Waals surface area contributed by atoms with E-state index in [1.165, 1.54) is 0 Å². The van der Waals surface area contributed by atoms with Crippen LogP contribution in [0.3, 0.4) is 0 Å². The van der Waals surface area contributed by atoms with E-state index in [0.29, 0.717) is 19.5 Å². The van der Waals surface area contributed by atoms with Crippen LogP contribution < -0.4 is 0 Å². The van der Waals surface area contributed by atoms with E-state index in [-0.39, 0.29) is 24.2 Å². The number of aromatic nitrogens is 1. The fourth-order valence-corrected chi connectivity index (χ4v) is 4.54. The molecule has 5 nitrogen and oxygen atoms in total. The minimum Gasteiger partial charge on any atom is -0.481 e. The smallest absolute Gasteiger partial charge is 0.306 e. The zero-order valence-electron chi connectivity index (χ0n) is 12.8. The number of amides is 1. The van der Waals surface area contributed by atoms with E-state index < -0.39 is 5.97 Å². The Morgan fingerprint density at radius 2 is 2.26 bits per heavy atom. The molecule has 2 aromatic heterocycles. The number of hydrogen-bond donors (Lipinski definition) is 1. The highest BCUT2D eigenvalue weighted by molar-refractivity contribution is 7.20. The second-order valence-corrected chi connectivity index (χ2v) is 7.65. The van der Waals surface area contributed by atoms with Gasteiger partial charge in [-0.05, 0) is 23.8 Å². The molecule has 0 aromatic carbocycles. The average Bonchev–Trinajstić information content (AvgIpc) is 3.17. The Morgan fingerprint density at radius 3 is 2.91 bits per heavy atom. The fraction of sp³-hybridized carbons (Fsp3) is 0.438. The molecule has 2 unspecified atom stereocenters. The van der Waals surface area contributed by atoms with Gasteiger partial charge in [-0.3, -0.25) is 9.59 Å². The van der Waals surface area contributed by atoms with Crippen molar-refractivity contribution < 1.29 is 14.7 Å². The summed E-state index contributed by atoms with van der Waals surface area (Å²) in [7, 11) is 0. The number of carboxylic acid groups (broad SMARTS) is 1. The summed E-state index contributed by atoms with van der Waals surface area (Å²) in [5.41, 5.74) is 0.788. The number of carbonyl (C=O) groups is 2. The van der Waals surface area contributed by atoms with Gasteiger partial charge in [-0.2, -0.15) is 0 Å². The molecular formula is C16H18N2O3S2. The van der Waals surface area contributed by atoms with Crippen LogP contribution >= 0.6 is 22.7 Å². The molecule has 122 valence electrons. The van der Waals surface area contributed by atoms with Gasteiger partial charge in [0.15, 0.2) is 0 Å². The van der Waals surface area contributed by atoms with Gasteiger partial charge in [0.05, 0.1) is 22.9 Å². The van der Waals surface area contributed by atoms with Crippen molar-refractivity contribution in [2.75, 3.05) is 13.1 Å². The van der Waals surface area contributed by atoms with Gasteiger partial charge in [0.2, 0.25) is 5.91 Å². The van der Waals surface area contributed by atoms with Gasteiger partial charge in [0.1, 0.15) is 5.01 Å². The van der Waals surface area contributed by atoms with Gasteiger partial charge in [0.25, 0.3) is 0 Å². The zero-order chi connectivity index (χ0) is 16.4. The summed E-state index contributed by atoms with van der Waals surface area (Å²) < 4.78 is 0. The van der Waals surface area contributed by atoms with Gasteiger partial charge in [-0.1, -0.05) is 13.0 Å². The quantitative estimate of drug-likeness (QED) is 0.920. The predicted octanol–water partition coefficient (Wildman–Crippen LogP) is 2.98. The van der Waals surface area contributed by atoms with Gasteiger partial charge in [-0.25, -0.2) is 4.98 Å². The average molecular weight is 350 g/mol. The predicted molar refractivity (Wildman–Crippen MR) is 90.6 cm³/mol. The normalized spacial score (nSPS) is 21.3. The Bertz CT molecular complexity index is 696. The van der Waals surface area contributed by atoms with Crippen LogP contribution in [0.1, 0.15) is 19.0 Å². The van der Waals surface area contributed by atoms with Crippen molar-refractivity contribution in [3.8, 4) is 9.88 Å². The van der Waals surface area contributed by atoms with E-state index in [2.05, 4.69) is 4.98 Å². The van der Waals surface area contributed by atoms with Crippen molar-refractivity contribution in [3.63, 3.8) is 0 Å². The molecule has 2 atom stereocenters. The summed E-state index contributed by atoms with van der Waals surface area (Å²) in [6, 6.07) is 4.01. The molecule has 0 bridgehead atoms. The number of carbonyl (C=O) groups excluding carboxylic acids is 1. The zero-order valence-corrected chi connectivity index (χ0v) is 14.4. The van der Waals surface area contributed by atoms with E-state index in [1.54, 1.807) is 27.6 Å². The Hall–Kier alpha value is -1.73. The highest BCUT2D eigenvalue weighted by Crippen LogP contribution is 2.28. The molecule has 1 fully saturated rings. The first kappa shape index (κ1) is 16.1. The number of thiophene rings is 1. The Balaban J connectivity index is 1.61. The third-order valence-electron chi connectivity index (χ3n) is 4.19. The molecule has 1 saturated heterocycles. The summed E-state index contributed by atoms with van der Waals surface area (Å²) in [5, 5.41) is 14.0. The van der Waals surface area contributed by atoms with Crippen LogP contribution in [0.4, 0.5) is 0 Å². The van der Waals surface area contributed by atoms with Crippen molar-refractivity contribution >= 4 is 34.6 Å². The molecule has 0 spiro atoms. The number of thiazole rings is 1. The van der Waals surface area contributed by atoms with E-state index >= 15 is 0 Å². The maximum absolute atomic E-state index is 12.4. The molecule has 7 heteroatoms. The largest absolute Gasteiger partial charge is 0.481 e. The highest BCUT2D eigenvalue weighted by atomic mass is 32.1. The third-order valence-corrected chi connectivity index (χ3v) is 6.12. The van der Waals surface area contributed by atoms with Crippen molar-refractivity contribution in [3.05, 3.63) is 28.6 Å². The molecular weight excluding hydrogens is 332 g/mol. The number of piperidine rings is 1. The second-order valence-electron chi connectivity index (χ2n) is 5.85. The first-order chi connectivity index (χ1) is 11.0. The van der Waals surface area contributed by atoms with Crippen LogP contribution in [0.15, 0.2) is 22.9 Å². The number of carboxylic acids is 1. The maximum atomic E-state index is 12.4. The topological polar surface area (TPSA) is 70.5 Å². The second kappa shape index (κ2) is 6.80. The van der Waals surface area contributed by atoms with E-state index in [0.717, 1.165) is 15.6 Å². The molecule has 1 aliphatic rings. The Labute approximate surface area is 142 Å². The molecule has 0 saturated carbocycles. The van der Waals surface area contributed by atoms with Crippen LogP contribution in [0.2, 0.25) is 0 Å². The fourth-order valence-electron chi connectivity index (χ4n) is 2.91. The summed E-state index contributed by atoms with van der Waals surface area (Å²) in [6.45, 7) is 2.93. The van der Waals surface area contributed by atoms with Crippen LogP contribution in [0, 0.1) is 11.8 Å². The summed E-state index contributed by atoms with van der Waals surface area (Å²) in [6.07, 6.45) is 0.812. The number of likely N-dealkylation sites (tertiary alicyclic amines) is 1. The van der Waals surface area contributed by atoms with E-state index in [1.807, 2.05) is 29.8 Å². The lowest BCUT2D eigenvalue weighted by Crippen LogP contribution is -2.45. The first-order valence-electron chi connectivity index (χ1n) is 7.53. The van der Waals surface area contributed by atoms with Crippen LogP contribution in [0.25, 0.3) is 9.88 Å². The number of hydrogen-bond acceptors (Lipinski definition) is 5. The third kappa shape index (κ3) is 3.61. The highest BCUT2D eigenvalue weighted by Gasteiger charge is 2.33. The molecule has 0 radical (unpaired) electrons. The number of aliphatic carboxylic acids is 1. The first-order valence-corrected chi connectivity index (χ1v) is 9.29. The van der Waals surface area contributed by atoms with Crippen molar-refractivity contribution in [2.45, 2.75) is 19.8 Å². The SMILES string of the molecule is CC1CN(C(=O)Cc2csc(-c3cccs3)n2)CCC1C(=O)O. The van der Waals surface area contributed by atoms with Gasteiger partial charge < -0.3 is 10.0 Å². The molecule has 1 aliphatic heterocycles. The lowest BCUT2D eigenvalue weighted by Gasteiger charge is -2.34. The van der Waals surface area contributed by atoms with Crippen LogP contribution in [-0.4, -0.2) is 40.0 Å². The van der Waals surface area contributed by atoms with E-state index in [4.69, 9.17) is 5.11 Å². The number of rotatable bonds is 4. The molecule has 23 heavy (non-hydrogen) atoms. The lowest BCUT2D eigenvalue weighted by molar-refractivity contribution is -0.148. The summed E-state index contributed by atoms with van der Waals surface area (Å²) in [5.74, 6) is -1.08. The minimum absolute atomic E-state index is 0.0117. The molecule has 3 heterocycles. The molecule has 2 aromatic rings. The van der Waals surface area contributed by atoms with Gasteiger partial charge >= 0.3 is 5.97 Å².